The number of sulfonamides is 1. The molecule has 0 aliphatic carbocycles. The molecule has 3 rings (SSSR count). The molecule has 10 nitrogen and oxygen atoms in total. The van der Waals surface area contributed by atoms with Gasteiger partial charge < -0.3 is 19.5 Å². The van der Waals surface area contributed by atoms with Gasteiger partial charge in [0.15, 0.2) is 6.10 Å². The molecule has 0 unspecified atom stereocenters. The molecule has 0 radical (unpaired) electrons. The number of anilines is 2. The quantitative estimate of drug-likeness (QED) is 0.680. The summed E-state index contributed by atoms with van der Waals surface area (Å²) in [7, 11) is -1.31. The fourth-order valence-corrected chi connectivity index (χ4v) is 3.96. The van der Waals surface area contributed by atoms with E-state index < -0.39 is 34.0 Å². The second-order valence-corrected chi connectivity index (χ2v) is 8.55. The van der Waals surface area contributed by atoms with Crippen LogP contribution >= 0.6 is 0 Å². The molecule has 0 saturated heterocycles. The summed E-state index contributed by atoms with van der Waals surface area (Å²) in [5, 5.41) is 2.55. The van der Waals surface area contributed by atoms with E-state index in [0.717, 1.165) is 10.6 Å². The molecule has 1 amide bonds. The third-order valence-corrected chi connectivity index (χ3v) is 5.62. The first kappa shape index (κ1) is 22.1. The number of para-hydroxylation sites is 2. The monoisotopic (exact) mass is 448 g/mol. The van der Waals surface area contributed by atoms with Crippen molar-refractivity contribution in [3.8, 4) is 5.75 Å². The molecule has 1 aliphatic rings. The van der Waals surface area contributed by atoms with Crippen LogP contribution in [0.25, 0.3) is 0 Å². The first-order chi connectivity index (χ1) is 14.6. The Balaban J connectivity index is 1.91. The maximum atomic E-state index is 12.9. The second kappa shape index (κ2) is 8.64. The van der Waals surface area contributed by atoms with Crippen molar-refractivity contribution < 1.29 is 37.0 Å². The molecule has 164 valence electrons. The molecule has 31 heavy (non-hydrogen) atoms. The van der Waals surface area contributed by atoms with E-state index in [9.17, 15) is 22.8 Å². The van der Waals surface area contributed by atoms with Crippen molar-refractivity contribution >= 4 is 39.2 Å². The fourth-order valence-electron chi connectivity index (χ4n) is 3.05. The molecule has 1 N–H and O–H groups in total. The maximum Gasteiger partial charge on any atom is 0.337 e. The van der Waals surface area contributed by atoms with Crippen LogP contribution in [-0.2, 0) is 24.3 Å². The highest BCUT2D eigenvalue weighted by atomic mass is 32.2. The number of esters is 2. The van der Waals surface area contributed by atoms with Gasteiger partial charge >= 0.3 is 11.9 Å². The van der Waals surface area contributed by atoms with E-state index in [1.165, 1.54) is 32.4 Å². The van der Waals surface area contributed by atoms with Gasteiger partial charge in [0.25, 0.3) is 5.91 Å². The highest BCUT2D eigenvalue weighted by Gasteiger charge is 2.35. The molecule has 2 aromatic carbocycles. The Hall–Kier alpha value is -3.60. The molecular weight excluding hydrogens is 428 g/mol. The molecule has 0 spiro atoms. The number of ether oxygens (including phenoxy) is 3. The van der Waals surface area contributed by atoms with Gasteiger partial charge in [-0.2, -0.15) is 0 Å². The Labute approximate surface area is 178 Å². The van der Waals surface area contributed by atoms with Gasteiger partial charge in [0.05, 0.1) is 43.8 Å². The molecule has 0 fully saturated rings. The molecule has 1 atom stereocenters. The van der Waals surface area contributed by atoms with Crippen molar-refractivity contribution in [3.63, 3.8) is 0 Å². The lowest BCUT2D eigenvalue weighted by Gasteiger charge is -2.33. The van der Waals surface area contributed by atoms with Gasteiger partial charge in [-0.15, -0.1) is 0 Å². The molecule has 0 bridgehead atoms. The number of nitrogens with one attached hydrogen (secondary N) is 1. The van der Waals surface area contributed by atoms with Gasteiger partial charge in [0, 0.05) is 5.69 Å². The summed E-state index contributed by atoms with van der Waals surface area (Å²) in [5.41, 5.74) is 0.484. The Kier molecular flexibility index (Phi) is 6.16. The normalized spacial score (nSPS) is 15.3. The van der Waals surface area contributed by atoms with Crippen LogP contribution in [-0.4, -0.2) is 59.4 Å². The minimum Gasteiger partial charge on any atom is -0.476 e. The van der Waals surface area contributed by atoms with Crippen molar-refractivity contribution in [2.24, 2.45) is 0 Å². The van der Waals surface area contributed by atoms with E-state index >= 15 is 0 Å². The lowest BCUT2D eigenvalue weighted by Crippen LogP contribution is -2.48. The number of benzene rings is 2. The zero-order valence-corrected chi connectivity index (χ0v) is 17.8. The summed E-state index contributed by atoms with van der Waals surface area (Å²) >= 11 is 0. The number of rotatable bonds is 5. The predicted molar refractivity (Wildman–Crippen MR) is 111 cm³/mol. The van der Waals surface area contributed by atoms with E-state index in [0.29, 0.717) is 5.69 Å². The van der Waals surface area contributed by atoms with E-state index in [2.05, 4.69) is 14.8 Å². The molecule has 2 aromatic rings. The zero-order valence-electron chi connectivity index (χ0n) is 16.9. The van der Waals surface area contributed by atoms with Crippen LogP contribution in [0, 0.1) is 0 Å². The van der Waals surface area contributed by atoms with Crippen LogP contribution in [0.5, 0.6) is 5.75 Å². The lowest BCUT2D eigenvalue weighted by atomic mass is 10.1. The number of carbonyl (C=O) groups excluding carboxylic acids is 3. The smallest absolute Gasteiger partial charge is 0.337 e. The van der Waals surface area contributed by atoms with E-state index in [-0.39, 0.29) is 29.1 Å². The summed E-state index contributed by atoms with van der Waals surface area (Å²) in [6.07, 6.45) is -0.139. The molecule has 1 heterocycles. The largest absolute Gasteiger partial charge is 0.476 e. The molecule has 1 aliphatic heterocycles. The molecule has 0 aromatic heterocycles. The van der Waals surface area contributed by atoms with Gasteiger partial charge in [0.1, 0.15) is 5.75 Å². The van der Waals surface area contributed by atoms with Gasteiger partial charge in [-0.3, -0.25) is 9.10 Å². The second-order valence-electron chi connectivity index (χ2n) is 6.64. The van der Waals surface area contributed by atoms with E-state index in [1.54, 1.807) is 24.3 Å². The van der Waals surface area contributed by atoms with Gasteiger partial charge in [0.2, 0.25) is 10.0 Å². The fraction of sp³-hybridized carbons (Fsp3) is 0.250. The van der Waals surface area contributed by atoms with Gasteiger partial charge in [-0.25, -0.2) is 18.0 Å². The minimum atomic E-state index is -3.67. The van der Waals surface area contributed by atoms with Gasteiger partial charge in [-0.05, 0) is 30.3 Å². The first-order valence-electron chi connectivity index (χ1n) is 9.00. The number of nitrogens with zero attached hydrogens (tertiary/aromatic N) is 1. The number of hydrogen-bond acceptors (Lipinski definition) is 8. The van der Waals surface area contributed by atoms with Crippen molar-refractivity contribution in [2.75, 3.05) is 36.6 Å². The van der Waals surface area contributed by atoms with Crippen molar-refractivity contribution in [3.05, 3.63) is 53.6 Å². The van der Waals surface area contributed by atoms with Crippen LogP contribution < -0.4 is 14.4 Å². The van der Waals surface area contributed by atoms with Crippen molar-refractivity contribution in [1.29, 1.82) is 0 Å². The van der Waals surface area contributed by atoms with Crippen LogP contribution in [0.2, 0.25) is 0 Å². The number of methoxy groups -OCH3 is 2. The van der Waals surface area contributed by atoms with Gasteiger partial charge in [-0.1, -0.05) is 12.1 Å². The Morgan fingerprint density at radius 2 is 1.61 bits per heavy atom. The molecular formula is C20H20N2O8S. The minimum absolute atomic E-state index is 0.0216. The third-order valence-electron chi connectivity index (χ3n) is 4.47. The zero-order chi connectivity index (χ0) is 22.8. The predicted octanol–water partition coefficient (Wildman–Crippen LogP) is 1.43. The van der Waals surface area contributed by atoms with Crippen molar-refractivity contribution in [2.45, 2.75) is 6.10 Å². The lowest BCUT2D eigenvalue weighted by molar-refractivity contribution is -0.122. The summed E-state index contributed by atoms with van der Waals surface area (Å²) in [6.45, 7) is -0.248. The van der Waals surface area contributed by atoms with Crippen LogP contribution in [0.1, 0.15) is 20.7 Å². The first-order valence-corrected chi connectivity index (χ1v) is 10.8. The molecule has 11 heteroatoms. The number of fused-ring (bicyclic) bond motifs is 1. The Bertz CT molecular complexity index is 1110. The number of carbonyl (C=O) groups is 3. The average molecular weight is 448 g/mol. The van der Waals surface area contributed by atoms with Crippen molar-refractivity contribution in [1.82, 2.24) is 0 Å². The summed E-state index contributed by atoms with van der Waals surface area (Å²) in [4.78, 5) is 36.7. The Morgan fingerprint density at radius 1 is 1.03 bits per heavy atom. The maximum absolute atomic E-state index is 12.9. The SMILES string of the molecule is COC(=O)c1cc(NC(=O)[C@@H]2CN(S(C)(=O)=O)c3ccccc3O2)cc(C(=O)OC)c1. The van der Waals surface area contributed by atoms with E-state index in [1.807, 2.05) is 0 Å². The summed E-state index contributed by atoms with van der Waals surface area (Å²) in [6, 6.07) is 10.4. The topological polar surface area (TPSA) is 128 Å². The number of amides is 1. The Morgan fingerprint density at radius 3 is 2.16 bits per heavy atom. The standard InChI is InChI=1S/C20H20N2O8S/c1-28-19(24)12-8-13(20(25)29-2)10-14(9-12)21-18(23)17-11-22(31(3,26)27)15-6-4-5-7-16(15)30-17/h4-10,17H,11H2,1-3H3,(H,21,23)/t17-/m0/s1. The van der Waals surface area contributed by atoms with Crippen LogP contribution in [0.3, 0.4) is 0 Å². The van der Waals surface area contributed by atoms with E-state index in [4.69, 9.17) is 4.74 Å². The number of hydrogen-bond donors (Lipinski definition) is 1. The highest BCUT2D eigenvalue weighted by Crippen LogP contribution is 2.34. The van der Waals surface area contributed by atoms with Crippen LogP contribution in [0.15, 0.2) is 42.5 Å². The highest BCUT2D eigenvalue weighted by molar-refractivity contribution is 7.92. The van der Waals surface area contributed by atoms with Crippen LogP contribution in [0.4, 0.5) is 11.4 Å². The third kappa shape index (κ3) is 4.77. The summed E-state index contributed by atoms with van der Waals surface area (Å²) in [5.74, 6) is -1.86. The molecule has 0 saturated carbocycles. The summed E-state index contributed by atoms with van der Waals surface area (Å²) < 4.78 is 40.5. The average Bonchev–Trinajstić information content (AvgIpc) is 2.76.